The van der Waals surface area contributed by atoms with Crippen LogP contribution in [-0.4, -0.2) is 22.9 Å². The lowest BCUT2D eigenvalue weighted by molar-refractivity contribution is -0.385. The maximum absolute atomic E-state index is 12.3. The Morgan fingerprint density at radius 1 is 1.38 bits per heavy atom. The molecule has 1 amide bonds. The van der Waals surface area contributed by atoms with Gasteiger partial charge in [0.1, 0.15) is 0 Å². The summed E-state index contributed by atoms with van der Waals surface area (Å²) < 4.78 is 0.505. The van der Waals surface area contributed by atoms with Gasteiger partial charge in [0, 0.05) is 28.7 Å². The van der Waals surface area contributed by atoms with Crippen molar-refractivity contribution in [1.29, 1.82) is 0 Å². The third-order valence-corrected chi connectivity index (χ3v) is 4.14. The molecule has 0 saturated heterocycles. The highest BCUT2D eigenvalue weighted by atomic mass is 79.9. The van der Waals surface area contributed by atoms with Crippen LogP contribution in [-0.2, 0) is 0 Å². The first-order valence-corrected chi connectivity index (χ1v) is 7.23. The van der Waals surface area contributed by atoms with Crippen molar-refractivity contribution >= 4 is 39.9 Å². The Morgan fingerprint density at radius 2 is 2.00 bits per heavy atom. The largest absolute Gasteiger partial charge is 0.345 e. The number of rotatable bonds is 4. The molecule has 0 unspecified atom stereocenters. The van der Waals surface area contributed by atoms with Gasteiger partial charge in [-0.3, -0.25) is 14.9 Å². The summed E-state index contributed by atoms with van der Waals surface area (Å²) in [6.45, 7) is 0.384. The Morgan fingerprint density at radius 3 is 2.52 bits per heavy atom. The Hall–Kier alpha value is -1.18. The molecule has 1 aromatic carbocycles. The Balaban J connectivity index is 0.00000220. The zero-order chi connectivity index (χ0) is 14.8. The second-order valence-electron chi connectivity index (χ2n) is 5.10. The number of nitrogens with two attached hydrogens (primary N) is 1. The zero-order valence-corrected chi connectivity index (χ0v) is 13.7. The van der Waals surface area contributed by atoms with E-state index in [-0.39, 0.29) is 35.1 Å². The van der Waals surface area contributed by atoms with E-state index in [0.29, 0.717) is 11.0 Å². The minimum atomic E-state index is -0.518. The molecule has 0 spiro atoms. The van der Waals surface area contributed by atoms with Gasteiger partial charge in [0.2, 0.25) is 0 Å². The average Bonchev–Trinajstić information content (AvgIpc) is 2.87. The van der Waals surface area contributed by atoms with Crippen LogP contribution in [0.4, 0.5) is 5.69 Å². The van der Waals surface area contributed by atoms with Crippen molar-refractivity contribution in [2.24, 2.45) is 5.73 Å². The molecule has 6 nitrogen and oxygen atoms in total. The van der Waals surface area contributed by atoms with Crippen LogP contribution >= 0.6 is 28.3 Å². The van der Waals surface area contributed by atoms with Crippen LogP contribution in [0.1, 0.15) is 36.0 Å². The predicted octanol–water partition coefficient (Wildman–Crippen LogP) is 2.78. The monoisotopic (exact) mass is 377 g/mol. The standard InChI is InChI=1S/C13H16BrN3O3.ClH/c14-10-5-9(6-11(7-10)17(19)20)12(18)16-13(8-15)3-1-2-4-13;/h5-7H,1-4,8,15H2,(H,16,18);1H. The van der Waals surface area contributed by atoms with E-state index < -0.39 is 4.92 Å². The Labute approximate surface area is 137 Å². The molecule has 1 saturated carbocycles. The lowest BCUT2D eigenvalue weighted by atomic mass is 9.97. The van der Waals surface area contributed by atoms with Gasteiger partial charge in [-0.1, -0.05) is 28.8 Å². The van der Waals surface area contributed by atoms with Gasteiger partial charge in [-0.15, -0.1) is 12.4 Å². The average molecular weight is 379 g/mol. The van der Waals surface area contributed by atoms with Crippen LogP contribution in [0.15, 0.2) is 22.7 Å². The van der Waals surface area contributed by atoms with Gasteiger partial charge in [0.15, 0.2) is 0 Å². The van der Waals surface area contributed by atoms with E-state index in [1.54, 1.807) is 6.07 Å². The topological polar surface area (TPSA) is 98.3 Å². The third kappa shape index (κ3) is 4.15. The molecule has 0 atom stereocenters. The second kappa shape index (κ2) is 7.20. The van der Waals surface area contributed by atoms with Crippen molar-refractivity contribution in [3.63, 3.8) is 0 Å². The number of hydrogen-bond acceptors (Lipinski definition) is 4. The molecule has 0 aliphatic heterocycles. The Kier molecular flexibility index (Phi) is 6.12. The van der Waals surface area contributed by atoms with Crippen molar-refractivity contribution in [2.75, 3.05) is 6.54 Å². The number of carbonyl (C=O) groups is 1. The number of halogens is 2. The molecule has 2 rings (SSSR count). The maximum atomic E-state index is 12.3. The fourth-order valence-electron chi connectivity index (χ4n) is 2.56. The SMILES string of the molecule is Cl.NCC1(NC(=O)c2cc(Br)cc([N+](=O)[O-])c2)CCCC1. The molecular weight excluding hydrogens is 362 g/mol. The number of nitro groups is 1. The summed E-state index contributed by atoms with van der Waals surface area (Å²) in [6, 6.07) is 4.21. The van der Waals surface area contributed by atoms with E-state index in [4.69, 9.17) is 5.73 Å². The van der Waals surface area contributed by atoms with Crippen LogP contribution in [0, 0.1) is 10.1 Å². The zero-order valence-electron chi connectivity index (χ0n) is 11.3. The van der Waals surface area contributed by atoms with Crippen LogP contribution in [0.5, 0.6) is 0 Å². The van der Waals surface area contributed by atoms with Crippen LogP contribution in [0.2, 0.25) is 0 Å². The summed E-state index contributed by atoms with van der Waals surface area (Å²) in [5.41, 5.74) is 5.56. The first-order chi connectivity index (χ1) is 9.46. The first kappa shape index (κ1) is 17.9. The van der Waals surface area contributed by atoms with Crippen LogP contribution < -0.4 is 11.1 Å². The number of carbonyl (C=O) groups excluding carboxylic acids is 1. The Bertz CT molecular complexity index is 547. The highest BCUT2D eigenvalue weighted by molar-refractivity contribution is 9.10. The molecule has 3 N–H and O–H groups in total. The van der Waals surface area contributed by atoms with Gasteiger partial charge in [0.05, 0.1) is 10.5 Å². The minimum Gasteiger partial charge on any atom is -0.345 e. The fraction of sp³-hybridized carbons (Fsp3) is 0.462. The van der Waals surface area contributed by atoms with E-state index in [2.05, 4.69) is 21.2 Å². The molecule has 116 valence electrons. The quantitative estimate of drug-likeness (QED) is 0.621. The maximum Gasteiger partial charge on any atom is 0.271 e. The molecular formula is C13H17BrClN3O3. The fourth-order valence-corrected chi connectivity index (χ4v) is 3.04. The van der Waals surface area contributed by atoms with E-state index in [0.717, 1.165) is 25.7 Å². The summed E-state index contributed by atoms with van der Waals surface area (Å²) in [5, 5.41) is 13.8. The molecule has 0 radical (unpaired) electrons. The number of benzene rings is 1. The van der Waals surface area contributed by atoms with Crippen LogP contribution in [0.3, 0.4) is 0 Å². The highest BCUT2D eigenvalue weighted by Gasteiger charge is 2.34. The lowest BCUT2D eigenvalue weighted by Gasteiger charge is -2.28. The highest BCUT2D eigenvalue weighted by Crippen LogP contribution is 2.29. The van der Waals surface area contributed by atoms with Crippen LogP contribution in [0.25, 0.3) is 0 Å². The van der Waals surface area contributed by atoms with Gasteiger partial charge in [-0.05, 0) is 18.9 Å². The predicted molar refractivity (Wildman–Crippen MR) is 85.8 cm³/mol. The number of non-ortho nitro benzene ring substituents is 1. The minimum absolute atomic E-state index is 0. The van der Waals surface area contributed by atoms with Crippen molar-refractivity contribution in [3.8, 4) is 0 Å². The van der Waals surface area contributed by atoms with E-state index >= 15 is 0 Å². The van der Waals surface area contributed by atoms with Gasteiger partial charge in [0.25, 0.3) is 11.6 Å². The number of nitrogens with one attached hydrogen (secondary N) is 1. The van der Waals surface area contributed by atoms with Gasteiger partial charge >= 0.3 is 0 Å². The van der Waals surface area contributed by atoms with Gasteiger partial charge < -0.3 is 11.1 Å². The van der Waals surface area contributed by atoms with Crippen molar-refractivity contribution in [1.82, 2.24) is 5.32 Å². The second-order valence-corrected chi connectivity index (χ2v) is 6.02. The molecule has 1 aliphatic carbocycles. The number of nitrogens with zero attached hydrogens (tertiary/aromatic N) is 1. The molecule has 0 heterocycles. The third-order valence-electron chi connectivity index (χ3n) is 3.69. The molecule has 1 aromatic rings. The van der Waals surface area contributed by atoms with Gasteiger partial charge in [-0.2, -0.15) is 0 Å². The van der Waals surface area contributed by atoms with E-state index in [1.165, 1.54) is 12.1 Å². The van der Waals surface area contributed by atoms with Crippen molar-refractivity contribution < 1.29 is 9.72 Å². The van der Waals surface area contributed by atoms with Crippen molar-refractivity contribution in [2.45, 2.75) is 31.2 Å². The number of hydrogen-bond donors (Lipinski definition) is 2. The van der Waals surface area contributed by atoms with Crippen molar-refractivity contribution in [3.05, 3.63) is 38.3 Å². The summed E-state index contributed by atoms with van der Waals surface area (Å²) in [6.07, 6.45) is 3.78. The smallest absolute Gasteiger partial charge is 0.271 e. The number of nitro benzene ring substituents is 1. The molecule has 0 aromatic heterocycles. The summed E-state index contributed by atoms with van der Waals surface area (Å²) in [4.78, 5) is 22.6. The summed E-state index contributed by atoms with van der Waals surface area (Å²) >= 11 is 3.18. The molecule has 1 aliphatic rings. The normalized spacial score (nSPS) is 16.1. The molecule has 1 fully saturated rings. The first-order valence-electron chi connectivity index (χ1n) is 6.43. The molecule has 8 heteroatoms. The summed E-state index contributed by atoms with van der Waals surface area (Å²) in [5.74, 6) is -0.318. The number of amides is 1. The van der Waals surface area contributed by atoms with E-state index in [1.807, 2.05) is 0 Å². The molecule has 0 bridgehead atoms. The molecule has 21 heavy (non-hydrogen) atoms. The lowest BCUT2D eigenvalue weighted by Crippen LogP contribution is -2.51. The van der Waals surface area contributed by atoms with E-state index in [9.17, 15) is 14.9 Å². The summed E-state index contributed by atoms with van der Waals surface area (Å²) in [7, 11) is 0. The van der Waals surface area contributed by atoms with Gasteiger partial charge in [-0.25, -0.2) is 0 Å².